The van der Waals surface area contributed by atoms with Gasteiger partial charge in [-0.15, -0.1) is 0 Å². The summed E-state index contributed by atoms with van der Waals surface area (Å²) in [5, 5.41) is 4.40. The Morgan fingerprint density at radius 2 is 2.00 bits per heavy atom. The fourth-order valence-corrected chi connectivity index (χ4v) is 2.63. The van der Waals surface area contributed by atoms with Crippen LogP contribution in [0.15, 0.2) is 27.6 Å². The van der Waals surface area contributed by atoms with E-state index in [2.05, 4.69) is 25.9 Å². The van der Waals surface area contributed by atoms with E-state index in [1.807, 2.05) is 10.8 Å². The highest BCUT2D eigenvalue weighted by molar-refractivity contribution is 9.10. The molecule has 0 unspecified atom stereocenters. The average molecular weight is 276 g/mol. The lowest BCUT2D eigenvalue weighted by Gasteiger charge is -1.98. The smallest absolute Gasteiger partial charge is 0.155 e. The van der Waals surface area contributed by atoms with E-state index in [1.54, 1.807) is 23.7 Å². The van der Waals surface area contributed by atoms with Gasteiger partial charge in [-0.3, -0.25) is 4.98 Å². The number of halogens is 2. The lowest BCUT2D eigenvalue weighted by atomic mass is 10.2. The van der Waals surface area contributed by atoms with Gasteiger partial charge < -0.3 is 0 Å². The average Bonchev–Trinajstić information content (AvgIpc) is 2.52. The van der Waals surface area contributed by atoms with Crippen LogP contribution in [0.1, 0.15) is 0 Å². The minimum atomic E-state index is 0.432. The first kappa shape index (κ1) is 9.12. The third-order valence-corrected chi connectivity index (χ3v) is 3.50. The highest BCUT2D eigenvalue weighted by atomic mass is 79.9. The van der Waals surface area contributed by atoms with Crippen molar-refractivity contribution >= 4 is 38.9 Å². The number of hydrogen-bond acceptors (Lipinski definition) is 3. The van der Waals surface area contributed by atoms with Gasteiger partial charge in [-0.1, -0.05) is 11.6 Å². The summed E-state index contributed by atoms with van der Waals surface area (Å²) in [6, 6.07) is 0. The molecule has 0 aliphatic rings. The Kier molecular flexibility index (Phi) is 2.62. The van der Waals surface area contributed by atoms with Gasteiger partial charge in [0.25, 0.3) is 0 Å². The first-order valence-corrected chi connectivity index (χ1v) is 5.59. The molecule has 0 radical (unpaired) electrons. The van der Waals surface area contributed by atoms with E-state index in [-0.39, 0.29) is 0 Å². The predicted octanol–water partition coefficient (Wildman–Crippen LogP) is 3.62. The Bertz CT molecular complexity index is 430. The molecule has 0 saturated heterocycles. The summed E-state index contributed by atoms with van der Waals surface area (Å²) in [6.07, 6.45) is 3.21. The zero-order valence-electron chi connectivity index (χ0n) is 6.37. The topological polar surface area (TPSA) is 25.8 Å². The number of aromatic nitrogens is 2. The fraction of sp³-hybridized carbons (Fsp3) is 0. The highest BCUT2D eigenvalue weighted by Gasteiger charge is 2.09. The fourth-order valence-electron chi connectivity index (χ4n) is 0.952. The standard InChI is InChI=1S/C8H4BrClN2S/c9-6-4-13-3-5(6)7-8(10)12-2-1-11-7/h1-4H. The van der Waals surface area contributed by atoms with Crippen LogP contribution in [-0.4, -0.2) is 9.97 Å². The number of nitrogens with zero attached hydrogens (tertiary/aromatic N) is 2. The van der Waals surface area contributed by atoms with Crippen LogP contribution in [0.4, 0.5) is 0 Å². The zero-order valence-corrected chi connectivity index (χ0v) is 9.53. The molecule has 5 heteroatoms. The Hall–Kier alpha value is -0.450. The molecular weight excluding hydrogens is 272 g/mol. The molecule has 0 atom stereocenters. The van der Waals surface area contributed by atoms with Crippen molar-refractivity contribution in [3.8, 4) is 11.3 Å². The summed E-state index contributed by atoms with van der Waals surface area (Å²) in [5.41, 5.74) is 1.71. The van der Waals surface area contributed by atoms with E-state index in [4.69, 9.17) is 11.6 Å². The molecule has 2 aromatic rings. The second kappa shape index (κ2) is 3.74. The first-order valence-electron chi connectivity index (χ1n) is 3.47. The minimum absolute atomic E-state index is 0.432. The van der Waals surface area contributed by atoms with Crippen LogP contribution in [-0.2, 0) is 0 Å². The van der Waals surface area contributed by atoms with E-state index in [1.165, 1.54) is 0 Å². The van der Waals surface area contributed by atoms with Gasteiger partial charge in [0.2, 0.25) is 0 Å². The summed E-state index contributed by atoms with van der Waals surface area (Å²) < 4.78 is 1.000. The summed E-state index contributed by atoms with van der Waals surface area (Å²) in [7, 11) is 0. The molecular formula is C8H4BrClN2S. The van der Waals surface area contributed by atoms with Crippen molar-refractivity contribution < 1.29 is 0 Å². The third kappa shape index (κ3) is 1.75. The molecule has 0 bridgehead atoms. The van der Waals surface area contributed by atoms with Crippen molar-refractivity contribution in [2.45, 2.75) is 0 Å². The van der Waals surface area contributed by atoms with Crippen molar-refractivity contribution in [1.82, 2.24) is 9.97 Å². The van der Waals surface area contributed by atoms with E-state index < -0.39 is 0 Å². The van der Waals surface area contributed by atoms with Crippen LogP contribution in [0, 0.1) is 0 Å². The Morgan fingerprint density at radius 1 is 1.23 bits per heavy atom. The van der Waals surface area contributed by atoms with Crippen molar-refractivity contribution in [2.75, 3.05) is 0 Å². The van der Waals surface area contributed by atoms with Crippen LogP contribution in [0.3, 0.4) is 0 Å². The lowest BCUT2D eigenvalue weighted by molar-refractivity contribution is 1.21. The van der Waals surface area contributed by atoms with Gasteiger partial charge >= 0.3 is 0 Å². The summed E-state index contributed by atoms with van der Waals surface area (Å²) in [4.78, 5) is 8.13. The molecule has 0 spiro atoms. The van der Waals surface area contributed by atoms with Gasteiger partial charge in [-0.2, -0.15) is 11.3 Å². The molecule has 2 aromatic heterocycles. The second-order valence-corrected chi connectivity index (χ2v) is 4.29. The number of thiophene rings is 1. The molecule has 0 fully saturated rings. The SMILES string of the molecule is Clc1nccnc1-c1cscc1Br. The van der Waals surface area contributed by atoms with Crippen molar-refractivity contribution in [3.05, 3.63) is 32.8 Å². The van der Waals surface area contributed by atoms with Crippen LogP contribution < -0.4 is 0 Å². The molecule has 0 saturated carbocycles. The molecule has 0 N–H and O–H groups in total. The van der Waals surface area contributed by atoms with Gasteiger partial charge in [0.15, 0.2) is 5.15 Å². The zero-order chi connectivity index (χ0) is 9.26. The van der Waals surface area contributed by atoms with Crippen LogP contribution >= 0.6 is 38.9 Å². The predicted molar refractivity (Wildman–Crippen MR) is 58.1 cm³/mol. The van der Waals surface area contributed by atoms with Crippen molar-refractivity contribution in [1.29, 1.82) is 0 Å². The van der Waals surface area contributed by atoms with Gasteiger partial charge in [-0.25, -0.2) is 4.98 Å². The van der Waals surface area contributed by atoms with Crippen LogP contribution in [0.2, 0.25) is 5.15 Å². The maximum absolute atomic E-state index is 5.90. The van der Waals surface area contributed by atoms with Crippen LogP contribution in [0.25, 0.3) is 11.3 Å². The van der Waals surface area contributed by atoms with Crippen molar-refractivity contribution in [3.63, 3.8) is 0 Å². The molecule has 2 heterocycles. The number of rotatable bonds is 1. The first-order chi connectivity index (χ1) is 6.29. The molecule has 0 aromatic carbocycles. The minimum Gasteiger partial charge on any atom is -0.251 e. The van der Waals surface area contributed by atoms with E-state index in [9.17, 15) is 0 Å². The van der Waals surface area contributed by atoms with Gasteiger partial charge in [0, 0.05) is 33.2 Å². The van der Waals surface area contributed by atoms with E-state index >= 15 is 0 Å². The molecule has 66 valence electrons. The molecule has 0 aliphatic heterocycles. The van der Waals surface area contributed by atoms with Gasteiger partial charge in [-0.05, 0) is 15.9 Å². The maximum atomic E-state index is 5.90. The van der Waals surface area contributed by atoms with E-state index in [0.717, 1.165) is 15.7 Å². The quantitative estimate of drug-likeness (QED) is 0.794. The van der Waals surface area contributed by atoms with E-state index in [0.29, 0.717) is 5.15 Å². The number of hydrogen-bond donors (Lipinski definition) is 0. The lowest BCUT2D eigenvalue weighted by Crippen LogP contribution is -1.85. The third-order valence-electron chi connectivity index (χ3n) is 1.52. The second-order valence-electron chi connectivity index (χ2n) is 2.33. The van der Waals surface area contributed by atoms with Gasteiger partial charge in [0.1, 0.15) is 5.69 Å². The largest absolute Gasteiger partial charge is 0.251 e. The normalized spacial score (nSPS) is 10.3. The maximum Gasteiger partial charge on any atom is 0.155 e. The monoisotopic (exact) mass is 274 g/mol. The van der Waals surface area contributed by atoms with Crippen LogP contribution in [0.5, 0.6) is 0 Å². The summed E-state index contributed by atoms with van der Waals surface area (Å²) >= 11 is 10.9. The Balaban J connectivity index is 2.59. The summed E-state index contributed by atoms with van der Waals surface area (Å²) in [5.74, 6) is 0. The highest BCUT2D eigenvalue weighted by Crippen LogP contribution is 2.33. The molecule has 2 nitrogen and oxygen atoms in total. The molecule has 13 heavy (non-hydrogen) atoms. The molecule has 0 aliphatic carbocycles. The van der Waals surface area contributed by atoms with Gasteiger partial charge in [0.05, 0.1) is 0 Å². The Labute approximate surface area is 92.7 Å². The van der Waals surface area contributed by atoms with Crippen molar-refractivity contribution in [2.24, 2.45) is 0 Å². The molecule has 2 rings (SSSR count). The Morgan fingerprint density at radius 3 is 2.62 bits per heavy atom. The summed E-state index contributed by atoms with van der Waals surface area (Å²) in [6.45, 7) is 0. The molecule has 0 amide bonds.